The average molecular weight is 217 g/mol. The summed E-state index contributed by atoms with van der Waals surface area (Å²) < 4.78 is 0. The molecule has 1 atom stereocenters. The van der Waals surface area contributed by atoms with Crippen molar-refractivity contribution in [3.8, 4) is 0 Å². The lowest BCUT2D eigenvalue weighted by molar-refractivity contribution is 0.0971. The van der Waals surface area contributed by atoms with Crippen LogP contribution in [-0.4, -0.2) is 11.8 Å². The van der Waals surface area contributed by atoms with Crippen LogP contribution in [0.15, 0.2) is 18.2 Å². The molecule has 2 nitrogen and oxygen atoms in total. The zero-order valence-corrected chi connectivity index (χ0v) is 9.99. The summed E-state index contributed by atoms with van der Waals surface area (Å²) in [6.07, 6.45) is 2.89. The van der Waals surface area contributed by atoms with Crippen LogP contribution in [0.1, 0.15) is 40.7 Å². The van der Waals surface area contributed by atoms with Gasteiger partial charge in [-0.2, -0.15) is 0 Å². The summed E-state index contributed by atoms with van der Waals surface area (Å²) in [5.41, 5.74) is 9.07. The van der Waals surface area contributed by atoms with Crippen molar-refractivity contribution in [2.24, 2.45) is 11.7 Å². The third-order valence-corrected chi connectivity index (χ3v) is 3.19. The van der Waals surface area contributed by atoms with E-state index in [0.29, 0.717) is 12.3 Å². The van der Waals surface area contributed by atoms with Gasteiger partial charge in [0, 0.05) is 18.0 Å². The van der Waals surface area contributed by atoms with Gasteiger partial charge >= 0.3 is 0 Å². The van der Waals surface area contributed by atoms with Crippen LogP contribution in [0.4, 0.5) is 0 Å². The number of hydrogen-bond acceptors (Lipinski definition) is 2. The number of benzene rings is 1. The second kappa shape index (κ2) is 4.38. The third-order valence-electron chi connectivity index (χ3n) is 3.19. The van der Waals surface area contributed by atoms with Crippen molar-refractivity contribution in [2.75, 3.05) is 0 Å². The summed E-state index contributed by atoms with van der Waals surface area (Å²) in [4.78, 5) is 12.0. The largest absolute Gasteiger partial charge is 0.327 e. The quantitative estimate of drug-likeness (QED) is 0.788. The number of ketones is 1. The van der Waals surface area contributed by atoms with Gasteiger partial charge in [-0.25, -0.2) is 0 Å². The van der Waals surface area contributed by atoms with Gasteiger partial charge in [-0.3, -0.25) is 4.79 Å². The van der Waals surface area contributed by atoms with E-state index in [9.17, 15) is 4.79 Å². The molecule has 16 heavy (non-hydrogen) atoms. The van der Waals surface area contributed by atoms with Gasteiger partial charge in [0.25, 0.3) is 0 Å². The van der Waals surface area contributed by atoms with Crippen molar-refractivity contribution in [3.63, 3.8) is 0 Å². The Balaban J connectivity index is 2.07. The standard InChI is InChI=1S/C14H19NO/c1-9-5-10(2)7-12(6-9)14(16)8-13(15)11-3-4-11/h5-7,11,13H,3-4,8,15H2,1-2H3. The number of hydrogen-bond donors (Lipinski definition) is 1. The van der Waals surface area contributed by atoms with Crippen molar-refractivity contribution in [3.05, 3.63) is 34.9 Å². The van der Waals surface area contributed by atoms with E-state index in [0.717, 1.165) is 16.7 Å². The van der Waals surface area contributed by atoms with E-state index in [2.05, 4.69) is 6.07 Å². The lowest BCUT2D eigenvalue weighted by Crippen LogP contribution is -2.26. The molecule has 0 amide bonds. The summed E-state index contributed by atoms with van der Waals surface area (Å²) in [5.74, 6) is 0.779. The molecular formula is C14H19NO. The Hall–Kier alpha value is -1.15. The van der Waals surface area contributed by atoms with Crippen molar-refractivity contribution in [1.29, 1.82) is 0 Å². The molecule has 1 fully saturated rings. The molecule has 2 heteroatoms. The summed E-state index contributed by atoms with van der Waals surface area (Å²) in [6, 6.07) is 6.05. The number of carbonyl (C=O) groups excluding carboxylic acids is 1. The highest BCUT2D eigenvalue weighted by Gasteiger charge is 2.29. The maximum absolute atomic E-state index is 12.0. The number of carbonyl (C=O) groups is 1. The van der Waals surface area contributed by atoms with Gasteiger partial charge < -0.3 is 5.73 Å². The normalized spacial score (nSPS) is 17.2. The van der Waals surface area contributed by atoms with Crippen LogP contribution in [0.25, 0.3) is 0 Å². The van der Waals surface area contributed by atoms with E-state index >= 15 is 0 Å². The van der Waals surface area contributed by atoms with Gasteiger partial charge in [-0.1, -0.05) is 17.2 Å². The van der Waals surface area contributed by atoms with Crippen molar-refractivity contribution in [2.45, 2.75) is 39.2 Å². The number of rotatable bonds is 4. The molecule has 0 aromatic heterocycles. The number of aryl methyl sites for hydroxylation is 2. The highest BCUT2D eigenvalue weighted by atomic mass is 16.1. The second-order valence-electron chi connectivity index (χ2n) is 5.00. The molecule has 2 N–H and O–H groups in total. The fourth-order valence-corrected chi connectivity index (χ4v) is 2.16. The van der Waals surface area contributed by atoms with Gasteiger partial charge in [0.2, 0.25) is 0 Å². The lowest BCUT2D eigenvalue weighted by Gasteiger charge is -2.10. The first-order valence-electron chi connectivity index (χ1n) is 5.93. The highest BCUT2D eigenvalue weighted by Crippen LogP contribution is 2.33. The molecule has 2 rings (SSSR count). The Kier molecular flexibility index (Phi) is 3.10. The Morgan fingerprint density at radius 2 is 1.88 bits per heavy atom. The first-order chi connectivity index (χ1) is 7.56. The molecular weight excluding hydrogens is 198 g/mol. The van der Waals surface area contributed by atoms with E-state index in [4.69, 9.17) is 5.73 Å². The zero-order chi connectivity index (χ0) is 11.7. The first kappa shape index (κ1) is 11.3. The minimum absolute atomic E-state index is 0.0633. The summed E-state index contributed by atoms with van der Waals surface area (Å²) in [5, 5.41) is 0. The zero-order valence-electron chi connectivity index (χ0n) is 9.99. The van der Waals surface area contributed by atoms with Gasteiger partial charge in [-0.15, -0.1) is 0 Å². The van der Waals surface area contributed by atoms with E-state index < -0.39 is 0 Å². The summed E-state index contributed by atoms with van der Waals surface area (Å²) >= 11 is 0. The molecule has 0 saturated heterocycles. The van der Waals surface area contributed by atoms with E-state index in [1.54, 1.807) is 0 Å². The Bertz CT molecular complexity index is 387. The fourth-order valence-electron chi connectivity index (χ4n) is 2.16. The molecule has 1 aliphatic carbocycles. The monoisotopic (exact) mass is 217 g/mol. The molecule has 0 spiro atoms. The van der Waals surface area contributed by atoms with Crippen LogP contribution in [0.3, 0.4) is 0 Å². The molecule has 1 aromatic rings. The molecule has 1 saturated carbocycles. The lowest BCUT2D eigenvalue weighted by atomic mass is 9.98. The van der Waals surface area contributed by atoms with Crippen LogP contribution in [0.2, 0.25) is 0 Å². The van der Waals surface area contributed by atoms with Crippen LogP contribution >= 0.6 is 0 Å². The maximum atomic E-state index is 12.0. The van der Waals surface area contributed by atoms with Crippen molar-refractivity contribution < 1.29 is 4.79 Å². The van der Waals surface area contributed by atoms with Gasteiger partial charge in [0.15, 0.2) is 5.78 Å². The third kappa shape index (κ3) is 2.70. The summed E-state index contributed by atoms with van der Waals surface area (Å²) in [7, 11) is 0. The summed E-state index contributed by atoms with van der Waals surface area (Å²) in [6.45, 7) is 4.04. The van der Waals surface area contributed by atoms with Crippen LogP contribution in [-0.2, 0) is 0 Å². The SMILES string of the molecule is Cc1cc(C)cc(C(=O)CC(N)C2CC2)c1. The molecule has 0 heterocycles. The molecule has 1 unspecified atom stereocenters. The van der Waals surface area contributed by atoms with E-state index in [-0.39, 0.29) is 11.8 Å². The molecule has 0 aliphatic heterocycles. The smallest absolute Gasteiger partial charge is 0.164 e. The Morgan fingerprint density at radius 1 is 1.31 bits per heavy atom. The minimum Gasteiger partial charge on any atom is -0.327 e. The molecule has 86 valence electrons. The Morgan fingerprint density at radius 3 is 2.38 bits per heavy atom. The van der Waals surface area contributed by atoms with Crippen molar-refractivity contribution >= 4 is 5.78 Å². The molecule has 0 bridgehead atoms. The number of nitrogens with two attached hydrogens (primary N) is 1. The minimum atomic E-state index is 0.0633. The van der Waals surface area contributed by atoms with Crippen molar-refractivity contribution in [1.82, 2.24) is 0 Å². The van der Waals surface area contributed by atoms with Crippen LogP contribution < -0.4 is 5.73 Å². The first-order valence-corrected chi connectivity index (χ1v) is 5.93. The molecule has 0 radical (unpaired) electrons. The predicted octanol–water partition coefficient (Wildman–Crippen LogP) is 2.61. The van der Waals surface area contributed by atoms with Gasteiger partial charge in [0.1, 0.15) is 0 Å². The predicted molar refractivity (Wildman–Crippen MR) is 65.6 cm³/mol. The average Bonchev–Trinajstić information content (AvgIpc) is 2.98. The molecule has 1 aromatic carbocycles. The van der Waals surface area contributed by atoms with Gasteiger partial charge in [0.05, 0.1) is 0 Å². The van der Waals surface area contributed by atoms with Crippen LogP contribution in [0.5, 0.6) is 0 Å². The molecule has 1 aliphatic rings. The second-order valence-corrected chi connectivity index (χ2v) is 5.00. The van der Waals surface area contributed by atoms with E-state index in [1.165, 1.54) is 12.8 Å². The highest BCUT2D eigenvalue weighted by molar-refractivity contribution is 5.96. The van der Waals surface area contributed by atoms with Gasteiger partial charge in [-0.05, 0) is 44.7 Å². The van der Waals surface area contributed by atoms with E-state index in [1.807, 2.05) is 26.0 Å². The fraction of sp³-hybridized carbons (Fsp3) is 0.500. The Labute approximate surface area is 96.8 Å². The topological polar surface area (TPSA) is 43.1 Å². The number of Topliss-reactive ketones (excluding diaryl/α,β-unsaturated/α-hetero) is 1. The maximum Gasteiger partial charge on any atom is 0.164 e. The van der Waals surface area contributed by atoms with Crippen LogP contribution in [0, 0.1) is 19.8 Å².